The molecule has 40 heavy (non-hydrogen) atoms. The molecule has 4 N–H and O–H groups in total. The molecule has 0 fully saturated rings. The summed E-state index contributed by atoms with van der Waals surface area (Å²) in [4.78, 5) is 12.8. The minimum absolute atomic E-state index is 0.0407. The molecule has 0 radical (unpaired) electrons. The number of methoxy groups -OCH3 is 2. The predicted molar refractivity (Wildman–Crippen MR) is 152 cm³/mol. The number of ketones is 1. The number of phenolic OH excluding ortho intramolecular Hbond substituents is 4. The molecule has 204 valence electrons. The number of ether oxygens (including phenoxy) is 3. The molecule has 0 aromatic heterocycles. The Hall–Kier alpha value is -5.37. The number of phenols is 4. The molecule has 0 unspecified atom stereocenters. The average molecular weight is 541 g/mol. The molecule has 0 bridgehead atoms. The Balaban J connectivity index is 1.53. The zero-order chi connectivity index (χ0) is 28.6. The molecule has 0 heterocycles. The van der Waals surface area contributed by atoms with Gasteiger partial charge in [-0.3, -0.25) is 4.79 Å². The van der Waals surface area contributed by atoms with Crippen LogP contribution in [0.5, 0.6) is 46.0 Å². The molecule has 4 rings (SSSR count). The van der Waals surface area contributed by atoms with E-state index in [1.54, 1.807) is 48.5 Å². The number of allylic oxidation sites excluding steroid dienone is 2. The zero-order valence-electron chi connectivity index (χ0n) is 21.9. The quantitative estimate of drug-likeness (QED) is 0.133. The van der Waals surface area contributed by atoms with E-state index < -0.39 is 5.78 Å². The lowest BCUT2D eigenvalue weighted by Crippen LogP contribution is -2.01. The molecular formula is C32H28O8. The minimum atomic E-state index is -0.488. The molecule has 8 heteroatoms. The van der Waals surface area contributed by atoms with Crippen molar-refractivity contribution >= 4 is 17.9 Å². The summed E-state index contributed by atoms with van der Waals surface area (Å²) in [7, 11) is 2.85. The molecule has 0 saturated carbocycles. The van der Waals surface area contributed by atoms with Crippen LogP contribution >= 0.6 is 0 Å². The van der Waals surface area contributed by atoms with Crippen molar-refractivity contribution in [2.75, 3.05) is 14.2 Å². The maximum Gasteiger partial charge on any atom is 0.193 e. The highest BCUT2D eigenvalue weighted by molar-refractivity contribution is 6.10. The highest BCUT2D eigenvalue weighted by Gasteiger charge is 2.19. The first-order chi connectivity index (χ1) is 19.3. The van der Waals surface area contributed by atoms with Crippen molar-refractivity contribution in [2.24, 2.45) is 0 Å². The third kappa shape index (κ3) is 6.73. The van der Waals surface area contributed by atoms with Crippen LogP contribution in [0.4, 0.5) is 0 Å². The topological polar surface area (TPSA) is 126 Å². The number of hydrogen-bond acceptors (Lipinski definition) is 8. The van der Waals surface area contributed by atoms with Gasteiger partial charge in [0.15, 0.2) is 5.78 Å². The lowest BCUT2D eigenvalue weighted by molar-refractivity contribution is 0.104. The van der Waals surface area contributed by atoms with E-state index in [0.29, 0.717) is 23.3 Å². The molecule has 8 nitrogen and oxygen atoms in total. The van der Waals surface area contributed by atoms with Crippen molar-refractivity contribution < 1.29 is 39.4 Å². The fourth-order valence-corrected chi connectivity index (χ4v) is 3.97. The molecule has 0 amide bonds. The standard InChI is InChI=1S/C32H28O8/c1-38-30-18-24(16-28(36)26(30)5-3-4-20-6-11-22(33)12-7-20)40-25-17-29(37)32(31(19-25)39-2)27(35)15-10-21-8-13-23(34)14-9-21/h3-4,6-19,33-34,36-37H,5H2,1-2H3/b4-3+,15-10+. The summed E-state index contributed by atoms with van der Waals surface area (Å²) in [6, 6.07) is 18.8. The lowest BCUT2D eigenvalue weighted by atomic mass is 10.1. The second kappa shape index (κ2) is 12.4. The third-order valence-electron chi connectivity index (χ3n) is 5.98. The molecule has 4 aromatic carbocycles. The Morgan fingerprint density at radius 1 is 0.700 bits per heavy atom. The van der Waals surface area contributed by atoms with Crippen molar-refractivity contribution in [1.29, 1.82) is 0 Å². The Kier molecular flexibility index (Phi) is 8.61. The van der Waals surface area contributed by atoms with Gasteiger partial charge >= 0.3 is 0 Å². The maximum absolute atomic E-state index is 12.8. The first-order valence-corrected chi connectivity index (χ1v) is 12.2. The smallest absolute Gasteiger partial charge is 0.193 e. The van der Waals surface area contributed by atoms with Crippen LogP contribution in [-0.4, -0.2) is 40.4 Å². The van der Waals surface area contributed by atoms with Gasteiger partial charge in [-0.05, 0) is 47.9 Å². The normalized spacial score (nSPS) is 11.2. The SMILES string of the molecule is COc1cc(Oc2cc(O)c(C(=O)/C=C/c3ccc(O)cc3)c(OC)c2)cc(O)c1C/C=C/c1ccc(O)cc1. The molecular weight excluding hydrogens is 512 g/mol. The van der Waals surface area contributed by atoms with Gasteiger partial charge in [-0.1, -0.05) is 42.5 Å². The highest BCUT2D eigenvalue weighted by atomic mass is 16.5. The van der Waals surface area contributed by atoms with Gasteiger partial charge in [-0.2, -0.15) is 0 Å². The number of carbonyl (C=O) groups excluding carboxylic acids is 1. The van der Waals surface area contributed by atoms with E-state index in [1.165, 1.54) is 50.6 Å². The predicted octanol–water partition coefficient (Wildman–Crippen LogP) is 6.47. The van der Waals surface area contributed by atoms with Gasteiger partial charge < -0.3 is 34.6 Å². The van der Waals surface area contributed by atoms with Crippen molar-refractivity contribution in [1.82, 2.24) is 0 Å². The Labute approximate surface area is 231 Å². The molecule has 0 saturated heterocycles. The van der Waals surface area contributed by atoms with Crippen LogP contribution in [0, 0.1) is 0 Å². The van der Waals surface area contributed by atoms with Crippen molar-refractivity contribution in [3.8, 4) is 46.0 Å². The van der Waals surface area contributed by atoms with Crippen LogP contribution in [0.3, 0.4) is 0 Å². The minimum Gasteiger partial charge on any atom is -0.508 e. The van der Waals surface area contributed by atoms with Gasteiger partial charge in [0.05, 0.1) is 14.2 Å². The summed E-state index contributed by atoms with van der Waals surface area (Å²) >= 11 is 0. The van der Waals surface area contributed by atoms with E-state index in [9.17, 15) is 25.2 Å². The van der Waals surface area contributed by atoms with Gasteiger partial charge in [0.2, 0.25) is 0 Å². The first-order valence-electron chi connectivity index (χ1n) is 12.2. The lowest BCUT2D eigenvalue weighted by Gasteiger charge is -2.15. The van der Waals surface area contributed by atoms with E-state index >= 15 is 0 Å². The fraction of sp³-hybridized carbons (Fsp3) is 0.0938. The number of rotatable bonds is 10. The second-order valence-electron chi connectivity index (χ2n) is 8.73. The number of hydrogen-bond donors (Lipinski definition) is 4. The van der Waals surface area contributed by atoms with Crippen molar-refractivity contribution in [3.63, 3.8) is 0 Å². The van der Waals surface area contributed by atoms with E-state index in [0.717, 1.165) is 5.56 Å². The van der Waals surface area contributed by atoms with Crippen molar-refractivity contribution in [3.05, 3.63) is 107 Å². The van der Waals surface area contributed by atoms with E-state index in [-0.39, 0.29) is 45.8 Å². The highest BCUT2D eigenvalue weighted by Crippen LogP contribution is 2.39. The third-order valence-corrected chi connectivity index (χ3v) is 5.98. The average Bonchev–Trinajstić information content (AvgIpc) is 2.94. The monoisotopic (exact) mass is 540 g/mol. The Morgan fingerprint density at radius 3 is 1.80 bits per heavy atom. The first kappa shape index (κ1) is 27.7. The number of benzene rings is 4. The molecule has 0 aliphatic heterocycles. The summed E-state index contributed by atoms with van der Waals surface area (Å²) in [5.41, 5.74) is 2.09. The summed E-state index contributed by atoms with van der Waals surface area (Å²) in [6.07, 6.45) is 6.95. The molecule has 4 aromatic rings. The Bertz CT molecular complexity index is 1550. The summed E-state index contributed by atoms with van der Waals surface area (Å²) in [5, 5.41) is 40.2. The summed E-state index contributed by atoms with van der Waals surface area (Å²) in [5.74, 6) is 0.327. The van der Waals surface area contributed by atoms with Gasteiger partial charge in [0.25, 0.3) is 0 Å². The van der Waals surface area contributed by atoms with Crippen LogP contribution in [0.1, 0.15) is 27.0 Å². The number of carbonyl (C=O) groups is 1. The largest absolute Gasteiger partial charge is 0.508 e. The van der Waals surface area contributed by atoms with Crippen LogP contribution in [0.15, 0.2) is 84.9 Å². The zero-order valence-corrected chi connectivity index (χ0v) is 21.9. The van der Waals surface area contributed by atoms with Crippen LogP contribution in [0.25, 0.3) is 12.2 Å². The van der Waals surface area contributed by atoms with Gasteiger partial charge in [-0.15, -0.1) is 0 Å². The summed E-state index contributed by atoms with van der Waals surface area (Å²) < 4.78 is 16.7. The Morgan fingerprint density at radius 2 is 1.23 bits per heavy atom. The molecule has 0 atom stereocenters. The molecule has 0 aliphatic rings. The van der Waals surface area contributed by atoms with Gasteiger partial charge in [-0.25, -0.2) is 0 Å². The fourth-order valence-electron chi connectivity index (χ4n) is 3.97. The molecule has 0 spiro atoms. The van der Waals surface area contributed by atoms with Crippen LogP contribution in [0.2, 0.25) is 0 Å². The van der Waals surface area contributed by atoms with Crippen molar-refractivity contribution in [2.45, 2.75) is 6.42 Å². The van der Waals surface area contributed by atoms with Crippen LogP contribution < -0.4 is 14.2 Å². The maximum atomic E-state index is 12.8. The van der Waals surface area contributed by atoms with Crippen LogP contribution in [-0.2, 0) is 6.42 Å². The van der Waals surface area contributed by atoms with E-state index in [2.05, 4.69) is 0 Å². The van der Waals surface area contributed by atoms with Gasteiger partial charge in [0, 0.05) is 29.8 Å². The number of aromatic hydroxyl groups is 4. The van der Waals surface area contributed by atoms with E-state index in [4.69, 9.17) is 14.2 Å². The molecule has 0 aliphatic carbocycles. The second-order valence-corrected chi connectivity index (χ2v) is 8.73. The van der Waals surface area contributed by atoms with Gasteiger partial charge in [0.1, 0.15) is 51.6 Å². The summed E-state index contributed by atoms with van der Waals surface area (Å²) in [6.45, 7) is 0. The van der Waals surface area contributed by atoms with E-state index in [1.807, 2.05) is 12.2 Å².